The topological polar surface area (TPSA) is 50.8 Å². The summed E-state index contributed by atoms with van der Waals surface area (Å²) in [4.78, 5) is 4.10. The molecule has 0 aromatic carbocycles. The lowest BCUT2D eigenvalue weighted by Crippen LogP contribution is -1.97. The monoisotopic (exact) mass is 249 g/mol. The molecule has 0 fully saturated rings. The lowest BCUT2D eigenvalue weighted by molar-refractivity contribution is 0.128. The zero-order valence-electron chi connectivity index (χ0n) is 11.2. The second-order valence-electron chi connectivity index (χ2n) is 4.22. The highest BCUT2D eigenvalue weighted by atomic mass is 16.5. The van der Waals surface area contributed by atoms with Crippen molar-refractivity contribution in [2.45, 2.75) is 51.9 Å². The molecule has 1 rings (SSSR count). The number of unbranched alkanes of at least 4 members (excludes halogenated alkanes) is 4. The van der Waals surface area contributed by atoms with Crippen LogP contribution in [0.15, 0.2) is 6.33 Å². The first-order valence-electron chi connectivity index (χ1n) is 6.75. The van der Waals surface area contributed by atoms with Crippen molar-refractivity contribution < 1.29 is 4.74 Å². The van der Waals surface area contributed by atoms with Crippen molar-refractivity contribution >= 4 is 0 Å². The van der Waals surface area contributed by atoms with Gasteiger partial charge in [-0.25, -0.2) is 4.98 Å². The maximum atomic E-state index is 5.54. The zero-order chi connectivity index (χ0) is 12.9. The third kappa shape index (κ3) is 7.86. The Hall–Kier alpha value is -1.34. The highest BCUT2D eigenvalue weighted by Gasteiger charge is 1.96. The highest BCUT2D eigenvalue weighted by Crippen LogP contribution is 2.04. The second kappa shape index (κ2) is 10.8. The van der Waals surface area contributed by atoms with Gasteiger partial charge in [0, 0.05) is 26.1 Å². The number of H-pyrrole nitrogens is 1. The van der Waals surface area contributed by atoms with Gasteiger partial charge in [0.2, 0.25) is 0 Å². The highest BCUT2D eigenvalue weighted by molar-refractivity contribution is 4.94. The van der Waals surface area contributed by atoms with Gasteiger partial charge in [0.25, 0.3) is 0 Å². The van der Waals surface area contributed by atoms with Crippen LogP contribution in [0.5, 0.6) is 0 Å². The van der Waals surface area contributed by atoms with Crippen LogP contribution in [0.4, 0.5) is 0 Å². The Bertz CT molecular complexity index is 338. The predicted molar refractivity (Wildman–Crippen MR) is 72.1 cm³/mol. The maximum absolute atomic E-state index is 5.54. The molecule has 18 heavy (non-hydrogen) atoms. The summed E-state index contributed by atoms with van der Waals surface area (Å²) < 4.78 is 5.54. The summed E-state index contributed by atoms with van der Waals surface area (Å²) in [6.45, 7) is 3.59. The SMILES string of the molecule is CC#CCCCOCCCCCCc1nc[nH]n1. The minimum absolute atomic E-state index is 0.839. The molecular weight excluding hydrogens is 226 g/mol. The number of aromatic amines is 1. The molecule has 1 N–H and O–H groups in total. The first-order valence-corrected chi connectivity index (χ1v) is 6.75. The normalized spacial score (nSPS) is 10.1. The van der Waals surface area contributed by atoms with E-state index >= 15 is 0 Å². The third-order valence-corrected chi connectivity index (χ3v) is 2.67. The van der Waals surface area contributed by atoms with Crippen LogP contribution in [-0.2, 0) is 11.2 Å². The van der Waals surface area contributed by atoms with Crippen molar-refractivity contribution in [3.8, 4) is 11.8 Å². The lowest BCUT2D eigenvalue weighted by atomic mass is 10.1. The van der Waals surface area contributed by atoms with Gasteiger partial charge in [0.05, 0.1) is 0 Å². The maximum Gasteiger partial charge on any atom is 0.150 e. The van der Waals surface area contributed by atoms with Gasteiger partial charge in [-0.3, -0.25) is 5.10 Å². The molecule has 1 aromatic heterocycles. The Morgan fingerprint density at radius 2 is 2.00 bits per heavy atom. The molecule has 0 aliphatic heterocycles. The van der Waals surface area contributed by atoms with Crippen LogP contribution in [0.3, 0.4) is 0 Å². The second-order valence-corrected chi connectivity index (χ2v) is 4.22. The van der Waals surface area contributed by atoms with Crippen molar-refractivity contribution in [1.82, 2.24) is 15.2 Å². The van der Waals surface area contributed by atoms with Gasteiger partial charge in [-0.2, -0.15) is 5.10 Å². The van der Waals surface area contributed by atoms with Crippen molar-refractivity contribution in [3.05, 3.63) is 12.2 Å². The first-order chi connectivity index (χ1) is 8.93. The molecule has 0 unspecified atom stereocenters. The van der Waals surface area contributed by atoms with E-state index in [2.05, 4.69) is 27.0 Å². The largest absolute Gasteiger partial charge is 0.381 e. The molecule has 0 aliphatic carbocycles. The molecule has 0 spiro atoms. The quantitative estimate of drug-likeness (QED) is 0.512. The Morgan fingerprint density at radius 3 is 2.78 bits per heavy atom. The summed E-state index contributed by atoms with van der Waals surface area (Å²) in [5, 5.41) is 6.76. The molecule has 0 aliphatic rings. The molecule has 4 nitrogen and oxygen atoms in total. The average molecular weight is 249 g/mol. The van der Waals surface area contributed by atoms with E-state index in [1.165, 1.54) is 12.8 Å². The van der Waals surface area contributed by atoms with Crippen LogP contribution in [0.25, 0.3) is 0 Å². The van der Waals surface area contributed by atoms with Crippen LogP contribution in [-0.4, -0.2) is 28.4 Å². The first kappa shape index (κ1) is 14.7. The molecule has 0 bridgehead atoms. The molecule has 0 amide bonds. The molecule has 1 aromatic rings. The number of aromatic nitrogens is 3. The third-order valence-electron chi connectivity index (χ3n) is 2.67. The van der Waals surface area contributed by atoms with Gasteiger partial charge in [0.15, 0.2) is 0 Å². The van der Waals surface area contributed by atoms with Crippen molar-refractivity contribution in [1.29, 1.82) is 0 Å². The van der Waals surface area contributed by atoms with E-state index in [0.717, 1.165) is 51.1 Å². The van der Waals surface area contributed by atoms with Crippen LogP contribution in [0.1, 0.15) is 51.3 Å². The van der Waals surface area contributed by atoms with E-state index in [9.17, 15) is 0 Å². The minimum Gasteiger partial charge on any atom is -0.381 e. The van der Waals surface area contributed by atoms with E-state index in [1.54, 1.807) is 6.33 Å². The van der Waals surface area contributed by atoms with Crippen LogP contribution in [0.2, 0.25) is 0 Å². The van der Waals surface area contributed by atoms with Gasteiger partial charge >= 0.3 is 0 Å². The Balaban J connectivity index is 1.77. The molecule has 0 atom stereocenters. The summed E-state index contributed by atoms with van der Waals surface area (Å²) in [7, 11) is 0. The molecule has 100 valence electrons. The van der Waals surface area contributed by atoms with Gasteiger partial charge < -0.3 is 4.74 Å². The van der Waals surface area contributed by atoms with Gasteiger partial charge in [0.1, 0.15) is 12.2 Å². The lowest BCUT2D eigenvalue weighted by Gasteiger charge is -2.02. The molecule has 1 heterocycles. The van der Waals surface area contributed by atoms with E-state index in [4.69, 9.17) is 4.74 Å². The molecule has 0 saturated carbocycles. The predicted octanol–water partition coefficient (Wildman–Crippen LogP) is 2.73. The smallest absolute Gasteiger partial charge is 0.150 e. The number of nitrogens with zero attached hydrogens (tertiary/aromatic N) is 2. The van der Waals surface area contributed by atoms with E-state index in [0.29, 0.717) is 0 Å². The van der Waals surface area contributed by atoms with Crippen molar-refractivity contribution in [2.75, 3.05) is 13.2 Å². The van der Waals surface area contributed by atoms with E-state index in [1.807, 2.05) is 6.92 Å². The van der Waals surface area contributed by atoms with Crippen LogP contribution < -0.4 is 0 Å². The van der Waals surface area contributed by atoms with Gasteiger partial charge in [-0.1, -0.05) is 12.8 Å². The fraction of sp³-hybridized carbons (Fsp3) is 0.714. The summed E-state index contributed by atoms with van der Waals surface area (Å²) >= 11 is 0. The fourth-order valence-electron chi connectivity index (χ4n) is 1.69. The molecule has 0 radical (unpaired) electrons. The van der Waals surface area contributed by atoms with Crippen LogP contribution in [0, 0.1) is 11.8 Å². The standard InChI is InChI=1S/C14H23N3O/c1-2-3-4-8-11-18-12-9-6-5-7-10-14-15-13-16-17-14/h13H,4-12H2,1H3,(H,15,16,17). The number of ether oxygens (including phenoxy) is 1. The summed E-state index contributed by atoms with van der Waals surface area (Å²) in [6.07, 6.45) is 9.35. The van der Waals surface area contributed by atoms with E-state index in [-0.39, 0.29) is 0 Å². The number of hydrogen-bond acceptors (Lipinski definition) is 3. The Labute approximate surface area is 110 Å². The summed E-state index contributed by atoms with van der Waals surface area (Å²) in [5.74, 6) is 6.84. The Kier molecular flexibility index (Phi) is 8.82. The van der Waals surface area contributed by atoms with Gasteiger partial charge in [-0.15, -0.1) is 11.8 Å². The number of aryl methyl sites for hydroxylation is 1. The fourth-order valence-corrected chi connectivity index (χ4v) is 1.69. The summed E-state index contributed by atoms with van der Waals surface area (Å²) in [6, 6.07) is 0. The average Bonchev–Trinajstić information content (AvgIpc) is 2.89. The number of rotatable bonds is 10. The Morgan fingerprint density at radius 1 is 1.17 bits per heavy atom. The number of hydrogen-bond donors (Lipinski definition) is 1. The minimum atomic E-state index is 0.839. The van der Waals surface area contributed by atoms with Crippen LogP contribution >= 0.6 is 0 Å². The molecular formula is C14H23N3O. The van der Waals surface area contributed by atoms with Crippen molar-refractivity contribution in [3.63, 3.8) is 0 Å². The number of nitrogens with one attached hydrogen (secondary N) is 1. The molecule has 4 heteroatoms. The van der Waals surface area contributed by atoms with Crippen molar-refractivity contribution in [2.24, 2.45) is 0 Å². The zero-order valence-corrected chi connectivity index (χ0v) is 11.2. The molecule has 0 saturated heterocycles. The van der Waals surface area contributed by atoms with E-state index < -0.39 is 0 Å². The summed E-state index contributed by atoms with van der Waals surface area (Å²) in [5.41, 5.74) is 0. The van der Waals surface area contributed by atoms with Gasteiger partial charge in [-0.05, 0) is 26.2 Å².